The first-order valence-corrected chi connectivity index (χ1v) is 8.65. The van der Waals surface area contributed by atoms with Gasteiger partial charge in [0, 0.05) is 23.8 Å². The fourth-order valence-corrected chi connectivity index (χ4v) is 3.31. The molecule has 0 unspecified atom stereocenters. The van der Waals surface area contributed by atoms with Crippen molar-refractivity contribution in [3.8, 4) is 0 Å². The summed E-state index contributed by atoms with van der Waals surface area (Å²) in [5.41, 5.74) is -0.592. The lowest BCUT2D eigenvalue weighted by Crippen LogP contribution is -2.46. The van der Waals surface area contributed by atoms with Gasteiger partial charge in [0.2, 0.25) is 5.72 Å². The Morgan fingerprint density at radius 2 is 2.08 bits per heavy atom. The highest BCUT2D eigenvalue weighted by Crippen LogP contribution is 2.34. The fourth-order valence-electron chi connectivity index (χ4n) is 3.31. The lowest BCUT2D eigenvalue weighted by molar-refractivity contribution is -0.685. The van der Waals surface area contributed by atoms with E-state index in [0.29, 0.717) is 18.7 Å². The van der Waals surface area contributed by atoms with Crippen LogP contribution in [0.5, 0.6) is 0 Å². The van der Waals surface area contributed by atoms with Crippen molar-refractivity contribution in [3.63, 3.8) is 0 Å². The van der Waals surface area contributed by atoms with Crippen LogP contribution < -0.4 is 9.47 Å². The molecule has 0 spiro atoms. The Morgan fingerprint density at radius 1 is 1.32 bits per heavy atom. The Kier molecular flexibility index (Phi) is 4.94. The molecule has 1 N–H and O–H groups in total. The molecule has 7 heteroatoms. The Labute approximate surface area is 146 Å². The van der Waals surface area contributed by atoms with E-state index in [9.17, 15) is 15.2 Å². The van der Waals surface area contributed by atoms with Crippen LogP contribution in [0.2, 0.25) is 0 Å². The number of nitro benzene ring substituents is 1. The molecule has 1 atom stereocenters. The highest BCUT2D eigenvalue weighted by molar-refractivity contribution is 5.41. The Balaban J connectivity index is 1.90. The van der Waals surface area contributed by atoms with Crippen LogP contribution in [-0.4, -0.2) is 21.6 Å². The second-order valence-electron chi connectivity index (χ2n) is 6.38. The Morgan fingerprint density at radius 3 is 2.76 bits per heavy atom. The number of aliphatic hydroxyl groups is 1. The number of benzene rings is 1. The van der Waals surface area contributed by atoms with Crippen LogP contribution in [0.3, 0.4) is 0 Å². The third-order valence-corrected chi connectivity index (χ3v) is 4.65. The molecule has 0 amide bonds. The number of anilines is 1. The van der Waals surface area contributed by atoms with Crippen molar-refractivity contribution in [3.05, 3.63) is 58.4 Å². The molecule has 0 saturated carbocycles. The molecule has 0 bridgehead atoms. The molecular formula is C18H23N4O3+. The summed E-state index contributed by atoms with van der Waals surface area (Å²) in [4.78, 5) is 16.8. The predicted molar refractivity (Wildman–Crippen MR) is 92.9 cm³/mol. The first-order chi connectivity index (χ1) is 12.1. The highest BCUT2D eigenvalue weighted by atomic mass is 16.6. The summed E-state index contributed by atoms with van der Waals surface area (Å²) in [6.07, 6.45) is 7.97. The van der Waals surface area contributed by atoms with E-state index < -0.39 is 10.6 Å². The van der Waals surface area contributed by atoms with E-state index >= 15 is 0 Å². The van der Waals surface area contributed by atoms with Crippen molar-refractivity contribution in [2.24, 2.45) is 0 Å². The van der Waals surface area contributed by atoms with Crippen LogP contribution in [0.15, 0.2) is 42.7 Å². The van der Waals surface area contributed by atoms with E-state index in [1.165, 1.54) is 12.1 Å². The molecule has 1 aromatic carbocycles. The SMILES string of the molecule is CCCCCCN1c2nccc[n+]2C[C@@]1(O)c1ccc([N+](=O)[O-])cc1. The van der Waals surface area contributed by atoms with Crippen LogP contribution in [0.25, 0.3) is 0 Å². The third-order valence-electron chi connectivity index (χ3n) is 4.65. The summed E-state index contributed by atoms with van der Waals surface area (Å²) in [6.45, 7) is 3.20. The van der Waals surface area contributed by atoms with E-state index in [2.05, 4.69) is 11.9 Å². The number of hydrogen-bond acceptors (Lipinski definition) is 5. The van der Waals surface area contributed by atoms with Crippen LogP contribution in [0.4, 0.5) is 11.6 Å². The summed E-state index contributed by atoms with van der Waals surface area (Å²) in [5, 5.41) is 22.3. The van der Waals surface area contributed by atoms with Crippen LogP contribution >= 0.6 is 0 Å². The van der Waals surface area contributed by atoms with Crippen molar-refractivity contribution < 1.29 is 14.6 Å². The van der Waals surface area contributed by atoms with E-state index in [1.807, 2.05) is 21.7 Å². The summed E-state index contributed by atoms with van der Waals surface area (Å²) >= 11 is 0. The minimum Gasteiger partial charge on any atom is -0.353 e. The summed E-state index contributed by atoms with van der Waals surface area (Å²) in [6, 6.07) is 7.96. The van der Waals surface area contributed by atoms with Crippen molar-refractivity contribution >= 4 is 11.6 Å². The van der Waals surface area contributed by atoms with Gasteiger partial charge in [-0.2, -0.15) is 0 Å². The lowest BCUT2D eigenvalue weighted by atomic mass is 10.0. The normalized spacial score (nSPS) is 19.0. The number of unbranched alkanes of at least 4 members (excludes halogenated alkanes) is 3. The van der Waals surface area contributed by atoms with E-state index in [4.69, 9.17) is 0 Å². The van der Waals surface area contributed by atoms with Gasteiger partial charge >= 0.3 is 5.95 Å². The number of hydrogen-bond donors (Lipinski definition) is 1. The van der Waals surface area contributed by atoms with Gasteiger partial charge in [0.1, 0.15) is 12.7 Å². The van der Waals surface area contributed by atoms with Crippen LogP contribution in [-0.2, 0) is 12.3 Å². The number of nitro groups is 1. The van der Waals surface area contributed by atoms with Gasteiger partial charge in [0.05, 0.1) is 17.7 Å². The maximum absolute atomic E-state index is 11.4. The van der Waals surface area contributed by atoms with Gasteiger partial charge in [-0.05, 0) is 18.6 Å². The molecule has 1 aromatic heterocycles. The average Bonchev–Trinajstić information content (AvgIpc) is 2.91. The number of fused-ring (bicyclic) bond motifs is 1. The van der Waals surface area contributed by atoms with Gasteiger partial charge in [-0.1, -0.05) is 31.2 Å². The number of non-ortho nitro benzene ring substituents is 1. The van der Waals surface area contributed by atoms with Crippen molar-refractivity contribution in [2.45, 2.75) is 44.9 Å². The minimum absolute atomic E-state index is 0.0168. The molecule has 1 aliphatic heterocycles. The molecule has 0 radical (unpaired) electrons. The smallest absolute Gasteiger partial charge is 0.353 e. The molecule has 7 nitrogen and oxygen atoms in total. The number of rotatable bonds is 7. The van der Waals surface area contributed by atoms with E-state index in [0.717, 1.165) is 31.6 Å². The largest absolute Gasteiger partial charge is 0.396 e. The van der Waals surface area contributed by atoms with Gasteiger partial charge in [-0.15, -0.1) is 0 Å². The second-order valence-corrected chi connectivity index (χ2v) is 6.38. The average molecular weight is 343 g/mol. The van der Waals surface area contributed by atoms with Gasteiger partial charge in [0.15, 0.2) is 0 Å². The van der Waals surface area contributed by atoms with E-state index in [1.54, 1.807) is 18.3 Å². The maximum atomic E-state index is 11.4. The third kappa shape index (κ3) is 3.32. The monoisotopic (exact) mass is 343 g/mol. The van der Waals surface area contributed by atoms with Crippen molar-refractivity contribution in [1.82, 2.24) is 4.98 Å². The first kappa shape index (κ1) is 17.3. The van der Waals surface area contributed by atoms with Crippen molar-refractivity contribution in [1.29, 1.82) is 0 Å². The molecule has 25 heavy (non-hydrogen) atoms. The summed E-state index contributed by atoms with van der Waals surface area (Å²) in [5.74, 6) is 0.722. The summed E-state index contributed by atoms with van der Waals surface area (Å²) in [7, 11) is 0. The minimum atomic E-state index is -1.25. The predicted octanol–water partition coefficient (Wildman–Crippen LogP) is 2.52. The van der Waals surface area contributed by atoms with Crippen LogP contribution in [0.1, 0.15) is 38.2 Å². The molecule has 0 saturated heterocycles. The van der Waals surface area contributed by atoms with Crippen molar-refractivity contribution in [2.75, 3.05) is 11.4 Å². The Hall–Kier alpha value is -2.54. The Bertz CT molecular complexity index is 750. The number of nitrogens with zero attached hydrogens (tertiary/aromatic N) is 4. The maximum Gasteiger partial charge on any atom is 0.396 e. The second kappa shape index (κ2) is 7.14. The molecule has 3 rings (SSSR count). The topological polar surface area (TPSA) is 83.4 Å². The molecule has 132 valence electrons. The van der Waals surface area contributed by atoms with Gasteiger partial charge in [-0.3, -0.25) is 10.1 Å². The van der Waals surface area contributed by atoms with Gasteiger partial charge in [0.25, 0.3) is 5.69 Å². The molecule has 1 aliphatic rings. The highest BCUT2D eigenvalue weighted by Gasteiger charge is 2.51. The van der Waals surface area contributed by atoms with Gasteiger partial charge < -0.3 is 5.11 Å². The molecule has 0 aliphatic carbocycles. The zero-order valence-electron chi connectivity index (χ0n) is 14.3. The summed E-state index contributed by atoms with van der Waals surface area (Å²) < 4.78 is 1.92. The standard InChI is InChI=1S/C18H23N4O3/c1-2-3-4-5-13-21-17-19-11-6-12-20(17)14-18(21,23)15-7-9-16(10-8-15)22(24)25/h6-12,23H,2-5,13-14H2,1H3/q+1/t18-/m1/s1. The number of aromatic nitrogens is 2. The quantitative estimate of drug-likeness (QED) is 0.361. The fraction of sp³-hybridized carbons (Fsp3) is 0.444. The molecule has 0 fully saturated rings. The lowest BCUT2D eigenvalue weighted by Gasteiger charge is -2.28. The zero-order valence-corrected chi connectivity index (χ0v) is 14.3. The van der Waals surface area contributed by atoms with Gasteiger partial charge in [-0.25, -0.2) is 9.47 Å². The molecule has 2 aromatic rings. The van der Waals surface area contributed by atoms with Crippen LogP contribution in [0, 0.1) is 10.1 Å². The van der Waals surface area contributed by atoms with E-state index in [-0.39, 0.29) is 5.69 Å². The zero-order chi connectivity index (χ0) is 17.9. The molecule has 2 heterocycles. The molecular weight excluding hydrogens is 320 g/mol. The first-order valence-electron chi connectivity index (χ1n) is 8.65.